The average Bonchev–Trinajstić information content (AvgIpc) is 2.84. The van der Waals surface area contributed by atoms with Gasteiger partial charge in [0.05, 0.1) is 29.6 Å². The number of rotatable bonds is 4. The van der Waals surface area contributed by atoms with E-state index in [0.717, 1.165) is 42.6 Å². The molecule has 2 heterocycles. The van der Waals surface area contributed by atoms with Crippen LogP contribution < -0.4 is 0 Å². The number of nitrogens with zero attached hydrogens (tertiary/aromatic N) is 2. The number of carbonyl (C=O) groups excluding carboxylic acids is 1. The number of hydrogen-bond acceptors (Lipinski definition) is 5. The third-order valence-electron chi connectivity index (χ3n) is 4.88. The lowest BCUT2D eigenvalue weighted by Gasteiger charge is -2.05. The zero-order chi connectivity index (χ0) is 25.5. The van der Waals surface area contributed by atoms with Crippen LogP contribution in [0.2, 0.25) is 0 Å². The Hall–Kier alpha value is -3.36. The number of aromatic carboxylic acids is 1. The summed E-state index contributed by atoms with van der Waals surface area (Å²) in [5.74, 6) is -1.30. The number of pyridine rings is 2. The minimum absolute atomic E-state index is 0.247. The first-order chi connectivity index (χ1) is 16.7. The summed E-state index contributed by atoms with van der Waals surface area (Å²) in [4.78, 5) is 31.1. The quantitative estimate of drug-likeness (QED) is 0.252. The molecule has 0 fully saturated rings. The number of esters is 1. The Morgan fingerprint density at radius 2 is 1.20 bits per heavy atom. The number of halogens is 2. The first kappa shape index (κ1) is 26.2. The van der Waals surface area contributed by atoms with Crippen LogP contribution in [0.4, 0.5) is 0 Å². The van der Waals surface area contributed by atoms with E-state index < -0.39 is 5.97 Å². The highest BCUT2D eigenvalue weighted by atomic mass is 79.9. The molecular weight excluding hydrogens is 576 g/mol. The molecule has 178 valence electrons. The number of aromatic nitrogens is 2. The Kier molecular flexibility index (Phi) is 8.89. The van der Waals surface area contributed by atoms with Gasteiger partial charge in [0.2, 0.25) is 0 Å². The topological polar surface area (TPSA) is 89.4 Å². The molecule has 4 aromatic rings. The second-order valence-electron chi connectivity index (χ2n) is 7.70. The normalized spacial score (nSPS) is 10.2. The predicted molar refractivity (Wildman–Crippen MR) is 143 cm³/mol. The van der Waals surface area contributed by atoms with Crippen molar-refractivity contribution < 1.29 is 19.4 Å². The third-order valence-corrected chi connectivity index (χ3v) is 5.79. The molecule has 0 saturated carbocycles. The van der Waals surface area contributed by atoms with E-state index in [9.17, 15) is 9.59 Å². The first-order valence-electron chi connectivity index (χ1n) is 10.4. The van der Waals surface area contributed by atoms with Crippen molar-refractivity contribution in [3.8, 4) is 22.5 Å². The lowest BCUT2D eigenvalue weighted by Crippen LogP contribution is -2.01. The van der Waals surface area contributed by atoms with Crippen LogP contribution in [-0.2, 0) is 4.74 Å². The minimum Gasteiger partial charge on any atom is -0.478 e. The summed E-state index contributed by atoms with van der Waals surface area (Å²) in [5, 5.41) is 8.98. The number of methoxy groups -OCH3 is 1. The second kappa shape index (κ2) is 11.9. The highest BCUT2D eigenvalue weighted by Crippen LogP contribution is 2.25. The predicted octanol–water partition coefficient (Wildman–Crippen LogP) is 7.12. The van der Waals surface area contributed by atoms with Crippen molar-refractivity contribution in [1.82, 2.24) is 9.97 Å². The molecule has 8 heteroatoms. The van der Waals surface area contributed by atoms with Gasteiger partial charge in [0.25, 0.3) is 0 Å². The monoisotopic (exact) mass is 596 g/mol. The summed E-state index contributed by atoms with van der Waals surface area (Å²) < 4.78 is 6.27. The largest absolute Gasteiger partial charge is 0.478 e. The van der Waals surface area contributed by atoms with Gasteiger partial charge in [0.1, 0.15) is 0 Å². The molecule has 1 N–H and O–H groups in total. The lowest BCUT2D eigenvalue weighted by atomic mass is 10.1. The van der Waals surface area contributed by atoms with Gasteiger partial charge in [-0.15, -0.1) is 0 Å². The zero-order valence-electron chi connectivity index (χ0n) is 19.3. The van der Waals surface area contributed by atoms with E-state index in [-0.39, 0.29) is 11.5 Å². The molecule has 0 amide bonds. The first-order valence-corrected chi connectivity index (χ1v) is 12.0. The summed E-state index contributed by atoms with van der Waals surface area (Å²) in [6, 6.07) is 18.2. The molecule has 6 nitrogen and oxygen atoms in total. The highest BCUT2D eigenvalue weighted by molar-refractivity contribution is 9.10. The van der Waals surface area contributed by atoms with Gasteiger partial charge in [-0.05, 0) is 73.5 Å². The molecule has 0 aliphatic heterocycles. The molecule has 0 bridgehead atoms. The van der Waals surface area contributed by atoms with Gasteiger partial charge in [-0.25, -0.2) is 9.59 Å². The molecule has 4 rings (SSSR count). The molecule has 2 aromatic heterocycles. The van der Waals surface area contributed by atoms with Crippen LogP contribution in [0.3, 0.4) is 0 Å². The fourth-order valence-corrected chi connectivity index (χ4v) is 4.10. The van der Waals surface area contributed by atoms with Gasteiger partial charge in [-0.3, -0.25) is 9.97 Å². The third kappa shape index (κ3) is 7.31. The SMILES string of the molecule is COC(=O)c1cc(Br)cc(-c2ccc(C)cn2)c1.Cc1ccc(-c2cc(Br)cc(C(=O)O)c2)nc1. The molecule has 35 heavy (non-hydrogen) atoms. The van der Waals surface area contributed by atoms with Crippen molar-refractivity contribution in [1.29, 1.82) is 0 Å². The van der Waals surface area contributed by atoms with E-state index in [1.54, 1.807) is 36.7 Å². The second-order valence-corrected chi connectivity index (χ2v) is 9.53. The Labute approximate surface area is 220 Å². The van der Waals surface area contributed by atoms with Crippen LogP contribution >= 0.6 is 31.9 Å². The van der Waals surface area contributed by atoms with E-state index in [4.69, 9.17) is 9.84 Å². The number of ether oxygens (including phenoxy) is 1. The van der Waals surface area contributed by atoms with Gasteiger partial charge in [0.15, 0.2) is 0 Å². The van der Waals surface area contributed by atoms with Gasteiger partial charge in [-0.2, -0.15) is 0 Å². The molecule has 0 saturated heterocycles. The number of carboxylic acid groups (broad SMARTS) is 1. The maximum absolute atomic E-state index is 11.5. The van der Waals surface area contributed by atoms with Crippen molar-refractivity contribution in [2.24, 2.45) is 0 Å². The molecular formula is C27H22Br2N2O4. The summed E-state index contributed by atoms with van der Waals surface area (Å²) in [7, 11) is 1.37. The lowest BCUT2D eigenvalue weighted by molar-refractivity contribution is 0.0599. The van der Waals surface area contributed by atoms with Crippen molar-refractivity contribution in [2.45, 2.75) is 13.8 Å². The minimum atomic E-state index is -0.945. The smallest absolute Gasteiger partial charge is 0.337 e. The highest BCUT2D eigenvalue weighted by Gasteiger charge is 2.10. The van der Waals surface area contributed by atoms with E-state index in [2.05, 4.69) is 41.8 Å². The van der Waals surface area contributed by atoms with Gasteiger partial charge in [-0.1, -0.05) is 44.0 Å². The molecule has 0 spiro atoms. The summed E-state index contributed by atoms with van der Waals surface area (Å²) in [5.41, 5.74) is 6.18. The van der Waals surface area contributed by atoms with Crippen LogP contribution in [0, 0.1) is 13.8 Å². The van der Waals surface area contributed by atoms with Crippen molar-refractivity contribution in [3.05, 3.63) is 104 Å². The number of aryl methyl sites for hydroxylation is 2. The number of carbonyl (C=O) groups is 2. The van der Waals surface area contributed by atoms with E-state index in [0.29, 0.717) is 5.56 Å². The van der Waals surface area contributed by atoms with Gasteiger partial charge in [0, 0.05) is 32.5 Å². The van der Waals surface area contributed by atoms with Crippen LogP contribution in [0.25, 0.3) is 22.5 Å². The summed E-state index contributed by atoms with van der Waals surface area (Å²) >= 11 is 6.69. The van der Waals surface area contributed by atoms with Crippen LogP contribution in [0.5, 0.6) is 0 Å². The van der Waals surface area contributed by atoms with Crippen molar-refractivity contribution in [2.75, 3.05) is 7.11 Å². The Balaban J connectivity index is 0.000000196. The maximum Gasteiger partial charge on any atom is 0.337 e. The average molecular weight is 598 g/mol. The fraction of sp³-hybridized carbons (Fsp3) is 0.111. The van der Waals surface area contributed by atoms with E-state index >= 15 is 0 Å². The number of hydrogen-bond donors (Lipinski definition) is 1. The Morgan fingerprint density at radius 1 is 0.743 bits per heavy atom. The van der Waals surface area contributed by atoms with Crippen molar-refractivity contribution >= 4 is 43.8 Å². The summed E-state index contributed by atoms with van der Waals surface area (Å²) in [6.07, 6.45) is 3.56. The van der Waals surface area contributed by atoms with Gasteiger partial charge >= 0.3 is 11.9 Å². The van der Waals surface area contributed by atoms with Crippen molar-refractivity contribution in [3.63, 3.8) is 0 Å². The molecule has 0 radical (unpaired) electrons. The number of carboxylic acids is 1. The van der Waals surface area contributed by atoms with Crippen LogP contribution in [-0.4, -0.2) is 34.1 Å². The van der Waals surface area contributed by atoms with E-state index in [1.165, 1.54) is 7.11 Å². The van der Waals surface area contributed by atoms with E-state index in [1.807, 2.05) is 50.2 Å². The van der Waals surface area contributed by atoms with Crippen LogP contribution in [0.15, 0.2) is 82.0 Å². The zero-order valence-corrected chi connectivity index (χ0v) is 22.4. The number of benzene rings is 2. The fourth-order valence-electron chi connectivity index (χ4n) is 3.11. The summed E-state index contributed by atoms with van der Waals surface area (Å²) in [6.45, 7) is 3.94. The standard InChI is InChI=1S/C14H12BrNO2.C13H10BrNO2/c1-9-3-4-13(16-8-9)10-5-11(14(17)18-2)7-12(15)6-10;1-8-2-3-12(15-7-8)9-4-10(13(16)17)6-11(14)5-9/h3-8H,1-2H3;2-7H,1H3,(H,16,17). The molecule has 0 atom stereocenters. The molecule has 0 aliphatic rings. The van der Waals surface area contributed by atoms with Crippen LogP contribution in [0.1, 0.15) is 31.8 Å². The Morgan fingerprint density at radius 3 is 1.60 bits per heavy atom. The Bertz CT molecular complexity index is 1350. The maximum atomic E-state index is 11.5. The molecule has 2 aromatic carbocycles. The molecule has 0 unspecified atom stereocenters. The van der Waals surface area contributed by atoms with Gasteiger partial charge < -0.3 is 9.84 Å². The molecule has 0 aliphatic carbocycles.